The lowest BCUT2D eigenvalue weighted by molar-refractivity contribution is -0.126. The first-order chi connectivity index (χ1) is 17.1. The Labute approximate surface area is 204 Å². The number of rotatable bonds is 9. The van der Waals surface area contributed by atoms with Crippen molar-refractivity contribution in [3.8, 4) is 5.75 Å². The molecule has 4 aromatic rings. The Bertz CT molecular complexity index is 1350. The number of ether oxygens (including phenoxy) is 1. The van der Waals surface area contributed by atoms with Gasteiger partial charge in [-0.2, -0.15) is 5.10 Å². The minimum Gasteiger partial charge on any atom is -0.488 e. The Hall–Kier alpha value is -4.45. The van der Waals surface area contributed by atoms with Crippen LogP contribution in [0.25, 0.3) is 10.8 Å². The number of fused-ring (bicyclic) bond motifs is 1. The van der Waals surface area contributed by atoms with Crippen LogP contribution in [-0.4, -0.2) is 18.0 Å². The minimum absolute atomic E-state index is 0.331. The Balaban J connectivity index is 1.44. The lowest BCUT2D eigenvalue weighted by atomic mass is 10.0. The lowest BCUT2D eigenvalue weighted by Gasteiger charge is -2.12. The van der Waals surface area contributed by atoms with Gasteiger partial charge in [-0.1, -0.05) is 85.8 Å². The maximum absolute atomic E-state index is 12.3. The molecule has 176 valence electrons. The quantitative estimate of drug-likeness (QED) is 0.196. The summed E-state index contributed by atoms with van der Waals surface area (Å²) in [6.07, 6.45) is 2.01. The number of nitrogens with zero attached hydrogens (tertiary/aromatic N) is 1. The fourth-order valence-electron chi connectivity index (χ4n) is 3.77. The second-order valence-corrected chi connectivity index (χ2v) is 8.00. The zero-order valence-electron chi connectivity index (χ0n) is 19.5. The predicted octanol–water partition coefficient (Wildman–Crippen LogP) is 5.46. The van der Waals surface area contributed by atoms with Gasteiger partial charge >= 0.3 is 0 Å². The van der Waals surface area contributed by atoms with E-state index in [0.717, 1.165) is 33.9 Å². The summed E-state index contributed by atoms with van der Waals surface area (Å²) in [7, 11) is 0. The van der Waals surface area contributed by atoms with Crippen molar-refractivity contribution in [3.63, 3.8) is 0 Å². The Morgan fingerprint density at radius 2 is 1.60 bits per heavy atom. The fourth-order valence-corrected chi connectivity index (χ4v) is 3.77. The smallest absolute Gasteiger partial charge is 0.249 e. The third-order valence-corrected chi connectivity index (χ3v) is 5.54. The lowest BCUT2D eigenvalue weighted by Crippen LogP contribution is -2.25. The van der Waals surface area contributed by atoms with Crippen molar-refractivity contribution in [3.05, 3.63) is 108 Å². The van der Waals surface area contributed by atoms with Crippen LogP contribution >= 0.6 is 0 Å². The maximum atomic E-state index is 12.3. The zero-order chi connectivity index (χ0) is 24.5. The molecule has 0 spiro atoms. The van der Waals surface area contributed by atoms with Crippen LogP contribution in [0.1, 0.15) is 30.0 Å². The molecule has 0 heterocycles. The molecule has 2 amide bonds. The first-order valence-corrected chi connectivity index (χ1v) is 11.5. The molecule has 0 atom stereocenters. The molecule has 0 aliphatic carbocycles. The van der Waals surface area contributed by atoms with Crippen molar-refractivity contribution >= 4 is 34.5 Å². The number of hydrogen-bond acceptors (Lipinski definition) is 4. The van der Waals surface area contributed by atoms with Gasteiger partial charge in [-0.25, -0.2) is 5.43 Å². The van der Waals surface area contributed by atoms with E-state index < -0.39 is 11.8 Å². The fraction of sp³-hybridized carbons (Fsp3) is 0.138. The summed E-state index contributed by atoms with van der Waals surface area (Å²) in [5.74, 6) is -0.241. The second-order valence-electron chi connectivity index (χ2n) is 8.00. The first kappa shape index (κ1) is 23.7. The van der Waals surface area contributed by atoms with E-state index in [9.17, 15) is 9.59 Å². The van der Waals surface area contributed by atoms with E-state index in [1.165, 1.54) is 0 Å². The summed E-state index contributed by atoms with van der Waals surface area (Å²) in [5, 5.41) is 8.89. The van der Waals surface area contributed by atoms with Crippen molar-refractivity contribution < 1.29 is 14.3 Å². The molecule has 0 aromatic heterocycles. The number of nitrogens with one attached hydrogen (secondary N) is 2. The van der Waals surface area contributed by atoms with Gasteiger partial charge in [0.05, 0.1) is 6.21 Å². The molecule has 0 radical (unpaired) electrons. The molecule has 0 aliphatic heterocycles. The van der Waals surface area contributed by atoms with Crippen LogP contribution in [-0.2, 0) is 22.6 Å². The molecule has 4 aromatic carbocycles. The maximum Gasteiger partial charge on any atom is 0.249 e. The van der Waals surface area contributed by atoms with E-state index >= 15 is 0 Å². The summed E-state index contributed by atoms with van der Waals surface area (Å²) in [5.41, 5.74) is 5.98. The molecular weight excluding hydrogens is 438 g/mol. The van der Waals surface area contributed by atoms with E-state index in [4.69, 9.17) is 4.74 Å². The van der Waals surface area contributed by atoms with Crippen LogP contribution in [0, 0.1) is 0 Å². The number of carbonyl (C=O) groups is 2. The van der Waals surface area contributed by atoms with Gasteiger partial charge in [0.15, 0.2) is 0 Å². The number of carbonyl (C=O) groups excluding carboxylic acids is 2. The van der Waals surface area contributed by atoms with Gasteiger partial charge < -0.3 is 10.1 Å². The molecule has 35 heavy (non-hydrogen) atoms. The highest BCUT2D eigenvalue weighted by atomic mass is 16.5. The average Bonchev–Trinajstić information content (AvgIpc) is 2.88. The highest BCUT2D eigenvalue weighted by Gasteiger charge is 2.12. The predicted molar refractivity (Wildman–Crippen MR) is 140 cm³/mol. The minimum atomic E-state index is -0.500. The summed E-state index contributed by atoms with van der Waals surface area (Å²) in [6, 6.07) is 29.2. The molecule has 2 N–H and O–H groups in total. The molecule has 0 aliphatic rings. The number of hydrazone groups is 1. The van der Waals surface area contributed by atoms with Gasteiger partial charge in [0.25, 0.3) is 0 Å². The monoisotopic (exact) mass is 465 g/mol. The molecule has 4 rings (SSSR count). The second kappa shape index (κ2) is 11.6. The Morgan fingerprint density at radius 3 is 2.43 bits per heavy atom. The van der Waals surface area contributed by atoms with Crippen molar-refractivity contribution in [1.82, 2.24) is 5.43 Å². The molecular formula is C29H27N3O3. The first-order valence-electron chi connectivity index (χ1n) is 11.5. The Kier molecular flexibility index (Phi) is 7.86. The standard InChI is InChI=1S/C29H27N3O3/c1-2-22-12-7-9-15-26(22)31-28(33)18-29(34)32-30-19-25-24-14-8-6-13-23(24)16-17-27(25)35-20-21-10-4-3-5-11-21/h3-17,19H,2,18,20H2,1H3,(H,31,33)(H,32,34). The van der Waals surface area contributed by atoms with Crippen molar-refractivity contribution in [2.45, 2.75) is 26.4 Å². The number of para-hydroxylation sites is 1. The van der Waals surface area contributed by atoms with Crippen molar-refractivity contribution in [2.75, 3.05) is 5.32 Å². The van der Waals surface area contributed by atoms with E-state index in [1.54, 1.807) is 6.21 Å². The third-order valence-electron chi connectivity index (χ3n) is 5.54. The largest absolute Gasteiger partial charge is 0.488 e. The van der Waals surface area contributed by atoms with Gasteiger partial charge in [-0.05, 0) is 40.5 Å². The molecule has 6 heteroatoms. The average molecular weight is 466 g/mol. The van der Waals surface area contributed by atoms with Crippen LogP contribution in [0.2, 0.25) is 0 Å². The highest BCUT2D eigenvalue weighted by Crippen LogP contribution is 2.27. The van der Waals surface area contributed by atoms with E-state index in [1.807, 2.05) is 97.9 Å². The highest BCUT2D eigenvalue weighted by molar-refractivity contribution is 6.05. The van der Waals surface area contributed by atoms with Crippen molar-refractivity contribution in [2.24, 2.45) is 5.10 Å². The number of anilines is 1. The summed E-state index contributed by atoms with van der Waals surface area (Å²) < 4.78 is 6.07. The molecule has 0 fully saturated rings. The van der Waals surface area contributed by atoms with Crippen LogP contribution in [0.3, 0.4) is 0 Å². The van der Waals surface area contributed by atoms with Gasteiger partial charge in [0.1, 0.15) is 18.8 Å². The summed E-state index contributed by atoms with van der Waals surface area (Å²) >= 11 is 0. The van der Waals surface area contributed by atoms with E-state index in [0.29, 0.717) is 18.0 Å². The summed E-state index contributed by atoms with van der Waals surface area (Å²) in [6.45, 7) is 2.42. The number of amides is 2. The van der Waals surface area contributed by atoms with Gasteiger partial charge in [0, 0.05) is 11.3 Å². The third kappa shape index (κ3) is 6.32. The number of benzene rings is 4. The van der Waals surface area contributed by atoms with Crippen LogP contribution in [0.4, 0.5) is 5.69 Å². The van der Waals surface area contributed by atoms with Gasteiger partial charge in [-0.15, -0.1) is 0 Å². The van der Waals surface area contributed by atoms with Crippen LogP contribution in [0.15, 0.2) is 96.1 Å². The number of hydrogen-bond donors (Lipinski definition) is 2. The van der Waals surface area contributed by atoms with Gasteiger partial charge in [0.2, 0.25) is 11.8 Å². The Morgan fingerprint density at radius 1 is 0.857 bits per heavy atom. The van der Waals surface area contributed by atoms with Crippen LogP contribution < -0.4 is 15.5 Å². The van der Waals surface area contributed by atoms with E-state index in [2.05, 4.69) is 15.8 Å². The molecule has 6 nitrogen and oxygen atoms in total. The van der Waals surface area contributed by atoms with E-state index in [-0.39, 0.29) is 6.42 Å². The zero-order valence-corrected chi connectivity index (χ0v) is 19.5. The molecule has 0 saturated carbocycles. The van der Waals surface area contributed by atoms with Crippen LogP contribution in [0.5, 0.6) is 5.75 Å². The summed E-state index contributed by atoms with van der Waals surface area (Å²) in [4.78, 5) is 24.7. The topological polar surface area (TPSA) is 79.8 Å². The molecule has 0 saturated heterocycles. The molecule has 0 unspecified atom stereocenters. The number of aryl methyl sites for hydroxylation is 1. The molecule has 0 bridgehead atoms. The van der Waals surface area contributed by atoms with Crippen molar-refractivity contribution in [1.29, 1.82) is 0 Å². The SMILES string of the molecule is CCc1ccccc1NC(=O)CC(=O)NN=Cc1c(OCc2ccccc2)ccc2ccccc12. The van der Waals surface area contributed by atoms with Gasteiger partial charge in [-0.3, -0.25) is 9.59 Å². The normalized spacial score (nSPS) is 10.9.